The van der Waals surface area contributed by atoms with E-state index in [9.17, 15) is 14.7 Å². The summed E-state index contributed by atoms with van der Waals surface area (Å²) in [6, 6.07) is -0.831. The summed E-state index contributed by atoms with van der Waals surface area (Å²) in [5.41, 5.74) is -0.465. The molecule has 0 aromatic rings. The average Bonchev–Trinajstić information content (AvgIpc) is 2.46. The average molecular weight is 286 g/mol. The Morgan fingerprint density at radius 3 is 2.75 bits per heavy atom. The molecule has 0 aliphatic carbocycles. The maximum absolute atomic E-state index is 12.5. The van der Waals surface area contributed by atoms with Crippen LogP contribution >= 0.6 is 0 Å². The normalized spacial score (nSPS) is 24.1. The number of hydrogen-bond acceptors (Lipinski definition) is 4. The van der Waals surface area contributed by atoms with E-state index in [1.54, 1.807) is 7.11 Å². The second-order valence-corrected chi connectivity index (χ2v) is 5.41. The van der Waals surface area contributed by atoms with Gasteiger partial charge in [0.1, 0.15) is 6.04 Å². The fourth-order valence-corrected chi connectivity index (χ4v) is 2.62. The molecule has 0 radical (unpaired) electrons. The molecule has 20 heavy (non-hydrogen) atoms. The van der Waals surface area contributed by atoms with Crippen LogP contribution in [-0.2, 0) is 14.3 Å². The molecule has 1 aliphatic rings. The first-order valence-corrected chi connectivity index (χ1v) is 7.29. The van der Waals surface area contributed by atoms with Crippen molar-refractivity contribution in [3.8, 4) is 0 Å². The Morgan fingerprint density at radius 2 is 2.25 bits per heavy atom. The predicted molar refractivity (Wildman–Crippen MR) is 75.5 cm³/mol. The molecule has 1 fully saturated rings. The molecule has 1 amide bonds. The summed E-state index contributed by atoms with van der Waals surface area (Å²) in [5, 5.41) is 15.1. The van der Waals surface area contributed by atoms with Gasteiger partial charge in [-0.1, -0.05) is 6.92 Å². The SMILES string of the molecule is CCC1(C(=O)NC(CCCOC)C(=O)O)CCCNC1. The van der Waals surface area contributed by atoms with Crippen LogP contribution in [0.15, 0.2) is 0 Å². The second-order valence-electron chi connectivity index (χ2n) is 5.41. The molecule has 0 bridgehead atoms. The van der Waals surface area contributed by atoms with Crippen LogP contribution in [0.4, 0.5) is 0 Å². The van der Waals surface area contributed by atoms with Gasteiger partial charge in [-0.2, -0.15) is 0 Å². The summed E-state index contributed by atoms with van der Waals surface area (Å²) < 4.78 is 4.92. The molecule has 116 valence electrons. The van der Waals surface area contributed by atoms with E-state index >= 15 is 0 Å². The van der Waals surface area contributed by atoms with Gasteiger partial charge in [0.05, 0.1) is 5.41 Å². The lowest BCUT2D eigenvalue weighted by molar-refractivity contribution is -0.144. The summed E-state index contributed by atoms with van der Waals surface area (Å²) in [6.45, 7) is 4.03. The molecule has 3 N–H and O–H groups in total. The van der Waals surface area contributed by atoms with Crippen molar-refractivity contribution in [1.29, 1.82) is 0 Å². The van der Waals surface area contributed by atoms with E-state index in [-0.39, 0.29) is 5.91 Å². The molecule has 0 saturated carbocycles. The van der Waals surface area contributed by atoms with E-state index in [0.29, 0.717) is 26.0 Å². The summed E-state index contributed by atoms with van der Waals surface area (Å²) in [6.07, 6.45) is 3.49. The summed E-state index contributed by atoms with van der Waals surface area (Å²) in [5.74, 6) is -1.12. The number of carboxylic acid groups (broad SMARTS) is 1. The fourth-order valence-electron chi connectivity index (χ4n) is 2.62. The third-order valence-electron chi connectivity index (χ3n) is 4.08. The number of carbonyl (C=O) groups excluding carboxylic acids is 1. The van der Waals surface area contributed by atoms with Crippen molar-refractivity contribution in [2.45, 2.75) is 45.1 Å². The van der Waals surface area contributed by atoms with Gasteiger partial charge in [0, 0.05) is 20.3 Å². The third kappa shape index (κ3) is 4.45. The smallest absolute Gasteiger partial charge is 0.326 e. The number of aliphatic carboxylic acids is 1. The highest BCUT2D eigenvalue weighted by Crippen LogP contribution is 2.30. The van der Waals surface area contributed by atoms with Crippen molar-refractivity contribution in [1.82, 2.24) is 10.6 Å². The first-order valence-electron chi connectivity index (χ1n) is 7.29. The van der Waals surface area contributed by atoms with Gasteiger partial charge in [-0.3, -0.25) is 4.79 Å². The predicted octanol–water partition coefficient (Wildman–Crippen LogP) is 0.762. The van der Waals surface area contributed by atoms with Crippen LogP contribution in [0.25, 0.3) is 0 Å². The van der Waals surface area contributed by atoms with E-state index < -0.39 is 17.4 Å². The molecule has 6 nitrogen and oxygen atoms in total. The second kappa shape index (κ2) is 8.21. The number of amides is 1. The first-order chi connectivity index (χ1) is 9.55. The van der Waals surface area contributed by atoms with E-state index in [2.05, 4.69) is 10.6 Å². The Morgan fingerprint density at radius 1 is 1.50 bits per heavy atom. The van der Waals surface area contributed by atoms with Crippen LogP contribution in [0.2, 0.25) is 0 Å². The Labute approximate surface area is 120 Å². The Kier molecular flexibility index (Phi) is 6.95. The molecule has 1 aliphatic heterocycles. The molecular weight excluding hydrogens is 260 g/mol. The minimum Gasteiger partial charge on any atom is -0.480 e. The standard InChI is InChI=1S/C14H26N2O4/c1-3-14(7-5-8-15-10-14)13(19)16-11(12(17)18)6-4-9-20-2/h11,15H,3-10H2,1-2H3,(H,16,19)(H,17,18). The number of piperidine rings is 1. The highest BCUT2D eigenvalue weighted by Gasteiger charge is 2.39. The van der Waals surface area contributed by atoms with Crippen LogP contribution in [0, 0.1) is 5.41 Å². The monoisotopic (exact) mass is 286 g/mol. The van der Waals surface area contributed by atoms with Crippen molar-refractivity contribution in [3.05, 3.63) is 0 Å². The summed E-state index contributed by atoms with van der Waals surface area (Å²) in [4.78, 5) is 23.7. The van der Waals surface area contributed by atoms with Gasteiger partial charge in [-0.15, -0.1) is 0 Å². The van der Waals surface area contributed by atoms with Crippen LogP contribution in [0.5, 0.6) is 0 Å². The molecule has 2 atom stereocenters. The lowest BCUT2D eigenvalue weighted by Crippen LogP contribution is -2.54. The van der Waals surface area contributed by atoms with Crippen LogP contribution in [0.1, 0.15) is 39.0 Å². The number of hydrogen-bond donors (Lipinski definition) is 3. The minimum atomic E-state index is -0.982. The number of rotatable bonds is 8. The van der Waals surface area contributed by atoms with Crippen LogP contribution < -0.4 is 10.6 Å². The molecule has 0 spiro atoms. The number of nitrogens with one attached hydrogen (secondary N) is 2. The van der Waals surface area contributed by atoms with E-state index in [1.165, 1.54) is 0 Å². The lowest BCUT2D eigenvalue weighted by atomic mass is 9.77. The zero-order valence-corrected chi connectivity index (χ0v) is 12.4. The molecule has 2 unspecified atom stereocenters. The number of carbonyl (C=O) groups is 2. The van der Waals surface area contributed by atoms with Gasteiger partial charge in [0.25, 0.3) is 0 Å². The molecule has 6 heteroatoms. The largest absolute Gasteiger partial charge is 0.480 e. The van der Waals surface area contributed by atoms with Gasteiger partial charge in [0.2, 0.25) is 5.91 Å². The van der Waals surface area contributed by atoms with Crippen molar-refractivity contribution >= 4 is 11.9 Å². The highest BCUT2D eigenvalue weighted by molar-refractivity contribution is 5.87. The van der Waals surface area contributed by atoms with Crippen molar-refractivity contribution in [2.24, 2.45) is 5.41 Å². The fraction of sp³-hybridized carbons (Fsp3) is 0.857. The third-order valence-corrected chi connectivity index (χ3v) is 4.08. The topological polar surface area (TPSA) is 87.7 Å². The van der Waals surface area contributed by atoms with Gasteiger partial charge in [0.15, 0.2) is 0 Å². The number of ether oxygens (including phenoxy) is 1. The van der Waals surface area contributed by atoms with E-state index in [0.717, 1.165) is 25.8 Å². The number of carboxylic acids is 1. The lowest BCUT2D eigenvalue weighted by Gasteiger charge is -2.36. The van der Waals surface area contributed by atoms with Crippen LogP contribution in [0.3, 0.4) is 0 Å². The summed E-state index contributed by atoms with van der Waals surface area (Å²) in [7, 11) is 1.58. The van der Waals surface area contributed by atoms with E-state index in [1.807, 2.05) is 6.92 Å². The molecular formula is C14H26N2O4. The van der Waals surface area contributed by atoms with Crippen molar-refractivity contribution in [3.63, 3.8) is 0 Å². The molecule has 1 saturated heterocycles. The molecule has 0 aromatic heterocycles. The van der Waals surface area contributed by atoms with Gasteiger partial charge >= 0.3 is 5.97 Å². The highest BCUT2D eigenvalue weighted by atomic mass is 16.5. The van der Waals surface area contributed by atoms with Gasteiger partial charge < -0.3 is 20.5 Å². The van der Waals surface area contributed by atoms with Crippen molar-refractivity contribution in [2.75, 3.05) is 26.8 Å². The maximum atomic E-state index is 12.5. The quantitative estimate of drug-likeness (QED) is 0.573. The van der Waals surface area contributed by atoms with Crippen LogP contribution in [-0.4, -0.2) is 49.8 Å². The van der Waals surface area contributed by atoms with Gasteiger partial charge in [-0.05, 0) is 38.6 Å². The zero-order valence-electron chi connectivity index (χ0n) is 12.4. The Hall–Kier alpha value is -1.14. The maximum Gasteiger partial charge on any atom is 0.326 e. The first kappa shape index (κ1) is 16.9. The van der Waals surface area contributed by atoms with Gasteiger partial charge in [-0.25, -0.2) is 4.79 Å². The van der Waals surface area contributed by atoms with E-state index in [4.69, 9.17) is 4.74 Å². The Balaban J connectivity index is 2.61. The molecule has 1 heterocycles. The molecule has 0 aromatic carbocycles. The summed E-state index contributed by atoms with van der Waals surface area (Å²) >= 11 is 0. The zero-order chi connectivity index (χ0) is 15.0. The van der Waals surface area contributed by atoms with Crippen molar-refractivity contribution < 1.29 is 19.4 Å². The Bertz CT molecular complexity index is 327. The number of methoxy groups -OCH3 is 1. The minimum absolute atomic E-state index is 0.142. The molecule has 1 rings (SSSR count).